The SMILES string of the molecule is COc1ccc2[nH]c(C(=O)NN=Cc3ccc(OC(=O)c4cccc(C)c4)c(OC)c3)c(-c3ccccc3)c2c1. The van der Waals surface area contributed by atoms with Crippen molar-refractivity contribution in [2.24, 2.45) is 5.10 Å². The van der Waals surface area contributed by atoms with Crippen molar-refractivity contribution < 1.29 is 23.8 Å². The lowest BCUT2D eigenvalue weighted by molar-refractivity contribution is 0.0729. The molecule has 0 bridgehead atoms. The summed E-state index contributed by atoms with van der Waals surface area (Å²) in [4.78, 5) is 29.0. The van der Waals surface area contributed by atoms with E-state index >= 15 is 0 Å². The Balaban J connectivity index is 1.35. The molecule has 1 heterocycles. The first-order chi connectivity index (χ1) is 19.5. The molecule has 0 aliphatic heterocycles. The van der Waals surface area contributed by atoms with E-state index in [9.17, 15) is 9.59 Å². The largest absolute Gasteiger partial charge is 0.497 e. The van der Waals surface area contributed by atoms with E-state index in [1.54, 1.807) is 43.5 Å². The first-order valence-electron chi connectivity index (χ1n) is 12.5. The average Bonchev–Trinajstić information content (AvgIpc) is 3.37. The molecular weight excluding hydrogens is 506 g/mol. The zero-order valence-corrected chi connectivity index (χ0v) is 22.2. The number of rotatable bonds is 8. The summed E-state index contributed by atoms with van der Waals surface area (Å²) in [6, 6.07) is 27.4. The third-order valence-electron chi connectivity index (χ3n) is 6.32. The van der Waals surface area contributed by atoms with Crippen molar-refractivity contribution in [3.63, 3.8) is 0 Å². The molecule has 0 saturated heterocycles. The van der Waals surface area contributed by atoms with Gasteiger partial charge in [-0.1, -0.05) is 48.0 Å². The Kier molecular flexibility index (Phi) is 7.59. The highest BCUT2D eigenvalue weighted by atomic mass is 16.6. The molecule has 40 heavy (non-hydrogen) atoms. The second-order valence-corrected chi connectivity index (χ2v) is 9.02. The number of carbonyl (C=O) groups excluding carboxylic acids is 2. The summed E-state index contributed by atoms with van der Waals surface area (Å²) >= 11 is 0. The number of carbonyl (C=O) groups is 2. The molecule has 5 rings (SSSR count). The lowest BCUT2D eigenvalue weighted by atomic mass is 10.0. The molecular formula is C32H27N3O5. The number of hydrogen-bond acceptors (Lipinski definition) is 6. The number of esters is 1. The second-order valence-electron chi connectivity index (χ2n) is 9.02. The van der Waals surface area contributed by atoms with Crippen LogP contribution in [0.2, 0.25) is 0 Å². The summed E-state index contributed by atoms with van der Waals surface area (Å²) in [7, 11) is 3.09. The van der Waals surface area contributed by atoms with Crippen molar-refractivity contribution in [2.75, 3.05) is 14.2 Å². The molecule has 8 heteroatoms. The second kappa shape index (κ2) is 11.6. The lowest BCUT2D eigenvalue weighted by Gasteiger charge is -2.10. The molecule has 1 amide bonds. The molecule has 5 aromatic rings. The van der Waals surface area contributed by atoms with Gasteiger partial charge in [0.15, 0.2) is 11.5 Å². The van der Waals surface area contributed by atoms with Crippen LogP contribution in [0.1, 0.15) is 32.0 Å². The van der Waals surface area contributed by atoms with Gasteiger partial charge < -0.3 is 19.2 Å². The van der Waals surface area contributed by atoms with Crippen molar-refractivity contribution >= 4 is 29.0 Å². The Labute approximate surface area is 231 Å². The minimum Gasteiger partial charge on any atom is -0.497 e. The van der Waals surface area contributed by atoms with E-state index in [-0.39, 0.29) is 5.75 Å². The zero-order chi connectivity index (χ0) is 28.1. The summed E-state index contributed by atoms with van der Waals surface area (Å²) in [6.45, 7) is 1.90. The monoisotopic (exact) mass is 533 g/mol. The topological polar surface area (TPSA) is 102 Å². The van der Waals surface area contributed by atoms with E-state index in [2.05, 4.69) is 15.5 Å². The lowest BCUT2D eigenvalue weighted by Crippen LogP contribution is -2.18. The number of aromatic nitrogens is 1. The van der Waals surface area contributed by atoms with Gasteiger partial charge in [0.2, 0.25) is 0 Å². The Morgan fingerprint density at radius 1 is 0.850 bits per heavy atom. The van der Waals surface area contributed by atoms with E-state index in [0.29, 0.717) is 28.3 Å². The quantitative estimate of drug-likeness (QED) is 0.108. The Morgan fingerprint density at radius 2 is 1.68 bits per heavy atom. The number of H-pyrrole nitrogens is 1. The van der Waals surface area contributed by atoms with Crippen molar-refractivity contribution in [3.05, 3.63) is 113 Å². The van der Waals surface area contributed by atoms with Crippen molar-refractivity contribution in [3.8, 4) is 28.4 Å². The van der Waals surface area contributed by atoms with Gasteiger partial charge in [0, 0.05) is 16.5 Å². The van der Waals surface area contributed by atoms with Gasteiger partial charge in [-0.2, -0.15) is 5.10 Å². The van der Waals surface area contributed by atoms with E-state index in [1.807, 2.05) is 61.5 Å². The summed E-state index contributed by atoms with van der Waals surface area (Å²) in [6.07, 6.45) is 1.49. The molecule has 0 radical (unpaired) electrons. The fourth-order valence-corrected chi connectivity index (χ4v) is 4.37. The van der Waals surface area contributed by atoms with Crippen LogP contribution in [0.15, 0.2) is 96.1 Å². The highest BCUT2D eigenvalue weighted by Gasteiger charge is 2.20. The number of hydrogen-bond donors (Lipinski definition) is 2. The van der Waals surface area contributed by atoms with Crippen LogP contribution >= 0.6 is 0 Å². The highest BCUT2D eigenvalue weighted by molar-refractivity contribution is 6.10. The maximum Gasteiger partial charge on any atom is 0.343 e. The Hall–Kier alpha value is -5.37. The van der Waals surface area contributed by atoms with E-state index < -0.39 is 11.9 Å². The van der Waals surface area contributed by atoms with Crippen LogP contribution in [0, 0.1) is 6.92 Å². The predicted molar refractivity (Wildman–Crippen MR) is 154 cm³/mol. The number of fused-ring (bicyclic) bond motifs is 1. The fourth-order valence-electron chi connectivity index (χ4n) is 4.37. The molecule has 8 nitrogen and oxygen atoms in total. The van der Waals surface area contributed by atoms with Gasteiger partial charge in [0.05, 0.1) is 26.0 Å². The van der Waals surface area contributed by atoms with Gasteiger partial charge in [-0.25, -0.2) is 10.2 Å². The molecule has 0 unspecified atom stereocenters. The van der Waals surface area contributed by atoms with Crippen LogP contribution in [0.3, 0.4) is 0 Å². The van der Waals surface area contributed by atoms with E-state index in [4.69, 9.17) is 14.2 Å². The fraction of sp³-hybridized carbons (Fsp3) is 0.0938. The third-order valence-corrected chi connectivity index (χ3v) is 6.32. The minimum absolute atomic E-state index is 0.274. The van der Waals surface area contributed by atoms with Gasteiger partial charge in [-0.3, -0.25) is 4.79 Å². The van der Waals surface area contributed by atoms with Crippen LogP contribution in [0.4, 0.5) is 0 Å². The van der Waals surface area contributed by atoms with Crippen LogP contribution < -0.4 is 19.6 Å². The number of benzene rings is 4. The van der Waals surface area contributed by atoms with E-state index in [0.717, 1.165) is 27.6 Å². The molecule has 0 atom stereocenters. The first-order valence-corrected chi connectivity index (χ1v) is 12.5. The van der Waals surface area contributed by atoms with Crippen molar-refractivity contribution in [2.45, 2.75) is 6.92 Å². The number of aromatic amines is 1. The van der Waals surface area contributed by atoms with Crippen molar-refractivity contribution in [1.29, 1.82) is 0 Å². The Morgan fingerprint density at radius 3 is 2.42 bits per heavy atom. The maximum atomic E-state index is 13.2. The number of nitrogens with zero attached hydrogens (tertiary/aromatic N) is 1. The number of ether oxygens (including phenoxy) is 3. The van der Waals surface area contributed by atoms with E-state index in [1.165, 1.54) is 13.3 Å². The zero-order valence-electron chi connectivity index (χ0n) is 22.2. The number of aryl methyl sites for hydroxylation is 1. The standard InChI is InChI=1S/C32H27N3O5/c1-20-8-7-11-23(16-20)32(37)40-27-15-12-21(17-28(27)39-3)19-33-35-31(36)30-29(22-9-5-4-6-10-22)25-18-24(38-2)13-14-26(25)34-30/h4-19,34H,1-3H3,(H,35,36). The molecule has 0 aliphatic carbocycles. The molecule has 0 fully saturated rings. The highest BCUT2D eigenvalue weighted by Crippen LogP contribution is 2.34. The molecule has 4 aromatic carbocycles. The number of amides is 1. The molecule has 0 spiro atoms. The molecule has 2 N–H and O–H groups in total. The normalized spacial score (nSPS) is 11.0. The number of hydrazone groups is 1. The first kappa shape index (κ1) is 26.2. The molecule has 0 saturated carbocycles. The molecule has 0 aliphatic rings. The van der Waals surface area contributed by atoms with Crippen molar-refractivity contribution in [1.82, 2.24) is 10.4 Å². The third kappa shape index (κ3) is 5.56. The summed E-state index contributed by atoms with van der Waals surface area (Å²) in [5, 5.41) is 5.01. The Bertz CT molecular complexity index is 1720. The van der Waals surface area contributed by atoms with Gasteiger partial charge >= 0.3 is 5.97 Å². The van der Waals surface area contributed by atoms with Crippen LogP contribution in [-0.2, 0) is 0 Å². The van der Waals surface area contributed by atoms with Crippen LogP contribution in [0.5, 0.6) is 17.2 Å². The molecule has 1 aromatic heterocycles. The van der Waals surface area contributed by atoms with Crippen LogP contribution in [0.25, 0.3) is 22.0 Å². The van der Waals surface area contributed by atoms with Gasteiger partial charge in [0.25, 0.3) is 5.91 Å². The van der Waals surface area contributed by atoms with Gasteiger partial charge in [-0.05, 0) is 66.6 Å². The van der Waals surface area contributed by atoms with Gasteiger partial charge in [0.1, 0.15) is 11.4 Å². The summed E-state index contributed by atoms with van der Waals surface area (Å²) < 4.78 is 16.4. The number of methoxy groups -OCH3 is 2. The van der Waals surface area contributed by atoms with Gasteiger partial charge in [-0.15, -0.1) is 0 Å². The average molecular weight is 534 g/mol. The number of nitrogens with one attached hydrogen (secondary N) is 2. The van der Waals surface area contributed by atoms with Crippen LogP contribution in [-0.4, -0.2) is 37.3 Å². The predicted octanol–water partition coefficient (Wildman–Crippen LogP) is 6.14. The molecule has 200 valence electrons. The smallest absolute Gasteiger partial charge is 0.343 e. The maximum absolute atomic E-state index is 13.2. The summed E-state index contributed by atoms with van der Waals surface area (Å²) in [5.41, 5.74) is 7.45. The minimum atomic E-state index is -0.485. The summed E-state index contributed by atoms with van der Waals surface area (Å²) in [5.74, 6) is 0.431.